The van der Waals surface area contributed by atoms with E-state index in [2.05, 4.69) is 36.7 Å². The summed E-state index contributed by atoms with van der Waals surface area (Å²) >= 11 is 1.88. The molecule has 2 heteroatoms. The molecular formula is C15H25NS. The predicted molar refractivity (Wildman–Crippen MR) is 76.7 cm³/mol. The van der Waals surface area contributed by atoms with E-state index in [4.69, 9.17) is 0 Å². The molecule has 0 saturated heterocycles. The van der Waals surface area contributed by atoms with Crippen molar-refractivity contribution in [3.8, 4) is 0 Å². The minimum Gasteiger partial charge on any atom is -0.311 e. The van der Waals surface area contributed by atoms with Gasteiger partial charge in [0.2, 0.25) is 0 Å². The van der Waals surface area contributed by atoms with Gasteiger partial charge >= 0.3 is 0 Å². The van der Waals surface area contributed by atoms with Gasteiger partial charge in [0.05, 0.1) is 0 Å². The van der Waals surface area contributed by atoms with Gasteiger partial charge < -0.3 is 5.32 Å². The van der Waals surface area contributed by atoms with Crippen LogP contribution in [0.2, 0.25) is 0 Å². The van der Waals surface area contributed by atoms with Crippen LogP contribution in [0.25, 0.3) is 0 Å². The highest BCUT2D eigenvalue weighted by Crippen LogP contribution is 2.27. The summed E-state index contributed by atoms with van der Waals surface area (Å²) < 4.78 is 0. The lowest BCUT2D eigenvalue weighted by molar-refractivity contribution is 0.265. The minimum atomic E-state index is 0.620. The Hall–Kier alpha value is -0.340. The monoisotopic (exact) mass is 251 g/mol. The molecule has 0 aromatic carbocycles. The first-order valence-electron chi connectivity index (χ1n) is 7.06. The molecule has 1 aromatic heterocycles. The fourth-order valence-electron chi connectivity index (χ4n) is 3.00. The molecule has 0 amide bonds. The lowest BCUT2D eigenvalue weighted by atomic mass is 9.84. The van der Waals surface area contributed by atoms with Crippen LogP contribution in [-0.4, -0.2) is 12.1 Å². The van der Waals surface area contributed by atoms with Gasteiger partial charge in [0.15, 0.2) is 0 Å². The first kappa shape index (κ1) is 13.1. The molecule has 1 saturated carbocycles. The maximum Gasteiger partial charge on any atom is 0.00896 e. The standard InChI is InChI=1S/C15H25NS/c1-3-13-6-4-7-14(11-13)16-12(2)10-15-8-5-9-17-15/h5,8-9,12-14,16H,3-4,6-7,10-11H2,1-2H3. The normalized spacial score (nSPS) is 26.9. The quantitative estimate of drug-likeness (QED) is 0.825. The topological polar surface area (TPSA) is 12.0 Å². The van der Waals surface area contributed by atoms with Crippen LogP contribution in [0, 0.1) is 5.92 Å². The second-order valence-electron chi connectivity index (χ2n) is 5.49. The number of hydrogen-bond donors (Lipinski definition) is 1. The van der Waals surface area contributed by atoms with Gasteiger partial charge in [0.1, 0.15) is 0 Å². The largest absolute Gasteiger partial charge is 0.311 e. The first-order chi connectivity index (χ1) is 8.28. The van der Waals surface area contributed by atoms with Crippen LogP contribution in [-0.2, 0) is 6.42 Å². The van der Waals surface area contributed by atoms with Crippen LogP contribution >= 0.6 is 11.3 Å². The van der Waals surface area contributed by atoms with E-state index in [-0.39, 0.29) is 0 Å². The molecule has 0 aliphatic heterocycles. The molecule has 1 aliphatic carbocycles. The van der Waals surface area contributed by atoms with Crippen LogP contribution < -0.4 is 5.32 Å². The molecule has 1 aromatic rings. The zero-order valence-corrected chi connectivity index (χ0v) is 11.9. The van der Waals surface area contributed by atoms with E-state index >= 15 is 0 Å². The number of nitrogens with one attached hydrogen (secondary N) is 1. The third kappa shape index (κ3) is 4.11. The molecule has 1 N–H and O–H groups in total. The maximum atomic E-state index is 3.83. The Bertz CT molecular complexity index is 307. The smallest absolute Gasteiger partial charge is 0.00896 e. The van der Waals surface area contributed by atoms with Gasteiger partial charge in [0.25, 0.3) is 0 Å². The SMILES string of the molecule is CCC1CCCC(NC(C)Cc2cccs2)C1. The van der Waals surface area contributed by atoms with E-state index in [9.17, 15) is 0 Å². The molecule has 17 heavy (non-hydrogen) atoms. The highest BCUT2D eigenvalue weighted by molar-refractivity contribution is 7.09. The van der Waals surface area contributed by atoms with E-state index < -0.39 is 0 Å². The van der Waals surface area contributed by atoms with Gasteiger partial charge in [-0.1, -0.05) is 32.3 Å². The van der Waals surface area contributed by atoms with Gasteiger partial charge in [-0.15, -0.1) is 11.3 Å². The number of thiophene rings is 1. The summed E-state index contributed by atoms with van der Waals surface area (Å²) in [7, 11) is 0. The summed E-state index contributed by atoms with van der Waals surface area (Å²) in [5, 5.41) is 6.00. The van der Waals surface area contributed by atoms with Crippen molar-refractivity contribution in [3.63, 3.8) is 0 Å². The summed E-state index contributed by atoms with van der Waals surface area (Å²) in [5.74, 6) is 0.968. The Labute approximate surface area is 110 Å². The van der Waals surface area contributed by atoms with Gasteiger partial charge in [-0.25, -0.2) is 0 Å². The molecule has 0 radical (unpaired) electrons. The first-order valence-corrected chi connectivity index (χ1v) is 7.94. The van der Waals surface area contributed by atoms with Crippen molar-refractivity contribution in [2.75, 3.05) is 0 Å². The summed E-state index contributed by atoms with van der Waals surface area (Å²) in [6.45, 7) is 4.66. The minimum absolute atomic E-state index is 0.620. The average molecular weight is 251 g/mol. The Morgan fingerprint density at radius 2 is 2.35 bits per heavy atom. The lowest BCUT2D eigenvalue weighted by Crippen LogP contribution is -2.40. The molecule has 96 valence electrons. The molecule has 1 aliphatic rings. The molecule has 0 spiro atoms. The fraction of sp³-hybridized carbons (Fsp3) is 0.733. The van der Waals surface area contributed by atoms with Crippen LogP contribution in [0.3, 0.4) is 0 Å². The number of hydrogen-bond acceptors (Lipinski definition) is 2. The van der Waals surface area contributed by atoms with Gasteiger partial charge in [-0.05, 0) is 43.6 Å². The molecule has 2 rings (SSSR count). The van der Waals surface area contributed by atoms with E-state index in [0.717, 1.165) is 12.0 Å². The van der Waals surface area contributed by atoms with Crippen molar-refractivity contribution in [2.45, 2.75) is 64.5 Å². The van der Waals surface area contributed by atoms with Gasteiger partial charge in [-0.3, -0.25) is 0 Å². The van der Waals surface area contributed by atoms with Crippen LogP contribution in [0.15, 0.2) is 17.5 Å². The van der Waals surface area contributed by atoms with Crippen LogP contribution in [0.1, 0.15) is 50.8 Å². The molecule has 3 unspecified atom stereocenters. The highest BCUT2D eigenvalue weighted by atomic mass is 32.1. The molecule has 1 heterocycles. The molecule has 1 fully saturated rings. The Balaban J connectivity index is 1.76. The van der Waals surface area contributed by atoms with E-state index in [1.54, 1.807) is 0 Å². The van der Waals surface area contributed by atoms with Crippen molar-refractivity contribution >= 4 is 11.3 Å². The molecule has 0 bridgehead atoms. The average Bonchev–Trinajstić information content (AvgIpc) is 2.82. The summed E-state index contributed by atoms with van der Waals surface area (Å²) in [4.78, 5) is 1.51. The van der Waals surface area contributed by atoms with E-state index in [1.165, 1.54) is 43.4 Å². The van der Waals surface area contributed by atoms with E-state index in [0.29, 0.717) is 6.04 Å². The predicted octanol–water partition coefficient (Wildman–Crippen LogP) is 4.24. The van der Waals surface area contributed by atoms with Crippen molar-refractivity contribution in [1.29, 1.82) is 0 Å². The van der Waals surface area contributed by atoms with E-state index in [1.807, 2.05) is 11.3 Å². The van der Waals surface area contributed by atoms with Crippen LogP contribution in [0.5, 0.6) is 0 Å². The second kappa shape index (κ2) is 6.55. The van der Waals surface area contributed by atoms with Crippen LogP contribution in [0.4, 0.5) is 0 Å². The molecule has 1 nitrogen and oxygen atoms in total. The summed E-state index contributed by atoms with van der Waals surface area (Å²) in [6.07, 6.45) is 8.19. The molecule has 3 atom stereocenters. The molecular weight excluding hydrogens is 226 g/mol. The van der Waals surface area contributed by atoms with Crippen molar-refractivity contribution in [1.82, 2.24) is 5.32 Å². The zero-order chi connectivity index (χ0) is 12.1. The fourth-order valence-corrected chi connectivity index (χ4v) is 3.84. The van der Waals surface area contributed by atoms with Gasteiger partial charge in [0, 0.05) is 17.0 Å². The van der Waals surface area contributed by atoms with Crippen molar-refractivity contribution in [3.05, 3.63) is 22.4 Å². The summed E-state index contributed by atoms with van der Waals surface area (Å²) in [6, 6.07) is 5.79. The highest BCUT2D eigenvalue weighted by Gasteiger charge is 2.21. The lowest BCUT2D eigenvalue weighted by Gasteiger charge is -2.31. The van der Waals surface area contributed by atoms with Crippen molar-refractivity contribution in [2.24, 2.45) is 5.92 Å². The summed E-state index contributed by atoms with van der Waals surface area (Å²) in [5.41, 5.74) is 0. The van der Waals surface area contributed by atoms with Crippen molar-refractivity contribution < 1.29 is 0 Å². The third-order valence-corrected chi connectivity index (χ3v) is 4.87. The van der Waals surface area contributed by atoms with Gasteiger partial charge in [-0.2, -0.15) is 0 Å². The number of rotatable bonds is 5. The zero-order valence-electron chi connectivity index (χ0n) is 11.1. The second-order valence-corrected chi connectivity index (χ2v) is 6.52. The third-order valence-electron chi connectivity index (χ3n) is 3.97. The Morgan fingerprint density at radius 3 is 3.06 bits per heavy atom. The maximum absolute atomic E-state index is 3.83. The Morgan fingerprint density at radius 1 is 1.47 bits per heavy atom. The Kier molecular flexibility index (Phi) is 5.05.